The van der Waals surface area contributed by atoms with Crippen molar-refractivity contribution < 1.29 is 60.0 Å². The minimum Gasteiger partial charge on any atom is -0.504 e. The number of benzene rings is 2. The molecule has 202 valence electrons. The highest BCUT2D eigenvalue weighted by molar-refractivity contribution is 5.63. The fourth-order valence-electron chi connectivity index (χ4n) is 1.65. The number of carboxylic acids is 4. The van der Waals surface area contributed by atoms with Crippen LogP contribution in [0.15, 0.2) is 42.5 Å². The van der Waals surface area contributed by atoms with E-state index in [0.717, 1.165) is 33.3 Å². The lowest BCUT2D eigenvalue weighted by molar-refractivity contribution is -0.135. The van der Waals surface area contributed by atoms with Gasteiger partial charge in [0.15, 0.2) is 23.0 Å². The summed E-state index contributed by atoms with van der Waals surface area (Å²) < 4.78 is 0. The molecule has 0 amide bonds. The molecule has 8 N–H and O–H groups in total. The fraction of sp³-hybridized carbons (Fsp3) is 0.200. The Hall–Kier alpha value is -5.18. The van der Waals surface area contributed by atoms with Gasteiger partial charge in [0.1, 0.15) is 0 Å². The molecule has 0 spiro atoms. The van der Waals surface area contributed by atoms with Crippen LogP contribution >= 0.6 is 0 Å². The Morgan fingerprint density at radius 3 is 1.41 bits per heavy atom. The quantitative estimate of drug-likeness (QED) is 0.210. The Bertz CT molecular complexity index is 1040. The molecular weight excluding hydrogens is 492 g/mol. The predicted molar refractivity (Wildman–Crippen MR) is 133 cm³/mol. The number of hydrogen-bond acceptors (Lipinski definition) is 8. The molecule has 0 saturated carbocycles. The first kappa shape index (κ1) is 36.4. The van der Waals surface area contributed by atoms with Gasteiger partial charge in [-0.3, -0.25) is 19.2 Å². The molecule has 0 atom stereocenters. The lowest BCUT2D eigenvalue weighted by atomic mass is 10.1. The van der Waals surface area contributed by atoms with Gasteiger partial charge in [-0.2, -0.15) is 0 Å². The van der Waals surface area contributed by atoms with Crippen LogP contribution in [0.2, 0.25) is 0 Å². The van der Waals surface area contributed by atoms with Crippen molar-refractivity contribution in [1.29, 1.82) is 0 Å². The number of aromatic hydroxyl groups is 4. The van der Waals surface area contributed by atoms with Gasteiger partial charge in [0.05, 0.1) is 0 Å². The molecule has 0 aliphatic rings. The van der Waals surface area contributed by atoms with Crippen molar-refractivity contribution in [2.75, 3.05) is 0 Å². The zero-order valence-corrected chi connectivity index (χ0v) is 20.5. The van der Waals surface area contributed by atoms with Crippen LogP contribution < -0.4 is 0 Å². The fourth-order valence-corrected chi connectivity index (χ4v) is 1.65. The van der Waals surface area contributed by atoms with E-state index in [9.17, 15) is 20.4 Å². The Morgan fingerprint density at radius 2 is 1.03 bits per heavy atom. The van der Waals surface area contributed by atoms with E-state index in [4.69, 9.17) is 39.6 Å². The average molecular weight is 523 g/mol. The minimum absolute atomic E-state index is 0.154. The van der Waals surface area contributed by atoms with Crippen molar-refractivity contribution in [3.05, 3.63) is 53.6 Å². The van der Waals surface area contributed by atoms with E-state index in [2.05, 4.69) is 11.8 Å². The molecule has 0 aromatic heterocycles. The van der Waals surface area contributed by atoms with E-state index in [-0.39, 0.29) is 23.0 Å². The summed E-state index contributed by atoms with van der Waals surface area (Å²) in [5.41, 5.74) is 1.37. The molecule has 12 nitrogen and oxygen atoms in total. The second-order valence-corrected chi connectivity index (χ2v) is 6.44. The third-order valence-electron chi connectivity index (χ3n) is 2.74. The van der Waals surface area contributed by atoms with Crippen LogP contribution in [-0.4, -0.2) is 64.7 Å². The summed E-state index contributed by atoms with van der Waals surface area (Å²) >= 11 is 0. The van der Waals surface area contributed by atoms with Crippen molar-refractivity contribution in [3.8, 4) is 34.8 Å². The second kappa shape index (κ2) is 21.4. The Kier molecular flexibility index (Phi) is 21.0. The van der Waals surface area contributed by atoms with E-state index in [1.54, 1.807) is 18.2 Å². The third-order valence-corrected chi connectivity index (χ3v) is 2.74. The summed E-state index contributed by atoms with van der Waals surface area (Å²) in [5.74, 6) is 1.74. The van der Waals surface area contributed by atoms with Crippen LogP contribution in [-0.2, 0) is 19.2 Å². The molecule has 0 bridgehead atoms. The molecule has 2 aromatic rings. The zero-order chi connectivity index (χ0) is 29.6. The predicted octanol–water partition coefficient (Wildman–Crippen LogP) is 3.33. The number of carbonyl (C=O) groups is 4. The van der Waals surface area contributed by atoms with Crippen molar-refractivity contribution in [1.82, 2.24) is 0 Å². The van der Waals surface area contributed by atoms with Crippen LogP contribution in [0.4, 0.5) is 0 Å². The van der Waals surface area contributed by atoms with Crippen LogP contribution in [0.25, 0.3) is 6.08 Å². The van der Waals surface area contributed by atoms with Gasteiger partial charge >= 0.3 is 0 Å². The van der Waals surface area contributed by atoms with Crippen LogP contribution in [0, 0.1) is 11.8 Å². The van der Waals surface area contributed by atoms with E-state index in [0.29, 0.717) is 12.0 Å². The standard InChI is InChI=1S/C17H14O4.4C2H4O2/c18-14-8-6-12(10-16(14)20)4-2-1-3-5-13-7-9-15(19)17(21)11-13;4*1-2(3)4/h2,4,6-11,18-21H,1H2;4*1H3,(H,3,4). The first-order valence-electron chi connectivity index (χ1n) is 9.97. The molecule has 12 heteroatoms. The van der Waals surface area contributed by atoms with Gasteiger partial charge in [-0.1, -0.05) is 30.1 Å². The van der Waals surface area contributed by atoms with Crippen LogP contribution in [0.3, 0.4) is 0 Å². The Morgan fingerprint density at radius 1 is 0.649 bits per heavy atom. The summed E-state index contributed by atoms with van der Waals surface area (Å²) in [4.78, 5) is 36.0. The zero-order valence-electron chi connectivity index (χ0n) is 20.5. The highest BCUT2D eigenvalue weighted by Crippen LogP contribution is 2.25. The minimum atomic E-state index is -0.833. The summed E-state index contributed by atoms with van der Waals surface area (Å²) in [7, 11) is 0. The second-order valence-electron chi connectivity index (χ2n) is 6.44. The maximum Gasteiger partial charge on any atom is 0.300 e. The van der Waals surface area contributed by atoms with Crippen LogP contribution in [0.1, 0.15) is 45.2 Å². The summed E-state index contributed by atoms with van der Waals surface area (Å²) in [6, 6.07) is 8.94. The average Bonchev–Trinajstić information content (AvgIpc) is 2.71. The molecule has 0 aliphatic carbocycles. The summed E-state index contributed by atoms with van der Waals surface area (Å²) in [5, 5.41) is 66.7. The molecular formula is C25H30O12. The number of allylic oxidation sites excluding steroid dienone is 1. The number of hydrogen-bond donors (Lipinski definition) is 8. The molecule has 0 unspecified atom stereocenters. The first-order valence-corrected chi connectivity index (χ1v) is 9.97. The normalized spacial score (nSPS) is 8.54. The van der Waals surface area contributed by atoms with Gasteiger partial charge in [0.25, 0.3) is 23.9 Å². The maximum atomic E-state index is 9.34. The maximum absolute atomic E-state index is 9.34. The SMILES string of the molecule is CC(=O)O.CC(=O)O.CC(=O)O.CC(=O)O.Oc1ccc(C#CCC=Cc2ccc(O)c(O)c2)cc1O. The number of rotatable bonds is 2. The summed E-state index contributed by atoms with van der Waals surface area (Å²) in [6.07, 6.45) is 4.09. The first-order chi connectivity index (χ1) is 17.0. The lowest BCUT2D eigenvalue weighted by Crippen LogP contribution is -1.78. The van der Waals surface area contributed by atoms with E-state index in [1.807, 2.05) is 6.08 Å². The van der Waals surface area contributed by atoms with Gasteiger partial charge in [-0.05, 0) is 35.9 Å². The monoisotopic (exact) mass is 522 g/mol. The molecule has 37 heavy (non-hydrogen) atoms. The van der Waals surface area contributed by atoms with Crippen molar-refractivity contribution in [2.24, 2.45) is 0 Å². The topological polar surface area (TPSA) is 230 Å². The van der Waals surface area contributed by atoms with Crippen LogP contribution in [0.5, 0.6) is 23.0 Å². The van der Waals surface area contributed by atoms with Crippen molar-refractivity contribution >= 4 is 30.0 Å². The number of phenolic OH excluding ortho intramolecular Hbond substituents is 4. The van der Waals surface area contributed by atoms with Gasteiger partial charge in [0, 0.05) is 39.7 Å². The number of aliphatic carboxylic acids is 4. The highest BCUT2D eigenvalue weighted by atomic mass is 16.4. The molecule has 2 aromatic carbocycles. The van der Waals surface area contributed by atoms with Gasteiger partial charge in [-0.25, -0.2) is 0 Å². The largest absolute Gasteiger partial charge is 0.504 e. The van der Waals surface area contributed by atoms with Crippen molar-refractivity contribution in [2.45, 2.75) is 34.1 Å². The van der Waals surface area contributed by atoms with Gasteiger partial charge < -0.3 is 40.9 Å². The van der Waals surface area contributed by atoms with Gasteiger partial charge in [-0.15, -0.1) is 0 Å². The smallest absolute Gasteiger partial charge is 0.300 e. The van der Waals surface area contributed by atoms with Gasteiger partial charge in [0.2, 0.25) is 0 Å². The lowest BCUT2D eigenvalue weighted by Gasteiger charge is -1.97. The number of phenols is 4. The molecule has 0 saturated heterocycles. The molecule has 0 fully saturated rings. The Balaban J connectivity index is -0.000000591. The molecule has 0 heterocycles. The third kappa shape index (κ3) is 30.8. The van der Waals surface area contributed by atoms with E-state index in [1.165, 1.54) is 24.3 Å². The molecule has 0 radical (unpaired) electrons. The Labute approximate surface area is 213 Å². The van der Waals surface area contributed by atoms with Crippen molar-refractivity contribution in [3.63, 3.8) is 0 Å². The number of carboxylic acid groups (broad SMARTS) is 4. The highest BCUT2D eigenvalue weighted by Gasteiger charge is 1.98. The summed E-state index contributed by atoms with van der Waals surface area (Å²) in [6.45, 7) is 4.33. The van der Waals surface area contributed by atoms with E-state index < -0.39 is 23.9 Å². The molecule has 0 aliphatic heterocycles. The van der Waals surface area contributed by atoms with E-state index >= 15 is 0 Å². The molecule has 2 rings (SSSR count).